The first-order valence-corrected chi connectivity index (χ1v) is 8.12. The summed E-state index contributed by atoms with van der Waals surface area (Å²) < 4.78 is 120. The largest absolute Gasteiger partial charge is 0.505 e. The third kappa shape index (κ3) is 2.95. The molecule has 0 saturated heterocycles. The normalized spacial score (nSPS) is 21.3. The number of rotatable bonds is 4. The highest BCUT2D eigenvalue weighted by Crippen LogP contribution is 2.66. The monoisotopic (exact) mass is 406 g/mol. The first-order chi connectivity index (χ1) is 12.1. The average Bonchev–Trinajstić information content (AvgIpc) is 3.38. The number of halogens is 9. The van der Waals surface area contributed by atoms with Gasteiger partial charge in [0.25, 0.3) is 0 Å². The molecule has 0 atom stereocenters. The molecule has 10 heteroatoms. The molecule has 1 aromatic rings. The van der Waals surface area contributed by atoms with Gasteiger partial charge in [-0.25, -0.2) is 4.39 Å². The summed E-state index contributed by atoms with van der Waals surface area (Å²) in [5.74, 6) is -8.07. The third-order valence-electron chi connectivity index (χ3n) is 5.67. The van der Waals surface area contributed by atoms with Gasteiger partial charge in [-0.2, -0.15) is 35.1 Å². The number of benzene rings is 1. The zero-order valence-corrected chi connectivity index (χ0v) is 14.0. The van der Waals surface area contributed by atoms with E-state index in [4.69, 9.17) is 0 Å². The molecule has 2 fully saturated rings. The van der Waals surface area contributed by atoms with Crippen molar-refractivity contribution in [3.05, 3.63) is 28.6 Å². The van der Waals surface area contributed by atoms with E-state index >= 15 is 0 Å². The average molecular weight is 406 g/mol. The molecule has 3 rings (SSSR count). The van der Waals surface area contributed by atoms with Crippen molar-refractivity contribution >= 4 is 0 Å². The summed E-state index contributed by atoms with van der Waals surface area (Å²) in [6, 6.07) is 0.721. The molecule has 0 unspecified atom stereocenters. The number of phenols is 1. The van der Waals surface area contributed by atoms with Gasteiger partial charge in [0.1, 0.15) is 0 Å². The van der Waals surface area contributed by atoms with Crippen LogP contribution in [0, 0.1) is 12.7 Å². The van der Waals surface area contributed by atoms with Gasteiger partial charge in [-0.3, -0.25) is 0 Å². The zero-order chi connectivity index (χ0) is 20.6. The van der Waals surface area contributed by atoms with E-state index in [1.165, 1.54) is 0 Å². The minimum absolute atomic E-state index is 0.000328. The number of hydrogen-bond acceptors (Lipinski definition) is 1. The predicted octanol–water partition coefficient (Wildman–Crippen LogP) is 6.05. The summed E-state index contributed by atoms with van der Waals surface area (Å²) in [7, 11) is 0. The first kappa shape index (κ1) is 20.1. The Kier molecular flexibility index (Phi) is 4.08. The summed E-state index contributed by atoms with van der Waals surface area (Å²) in [5.41, 5.74) is -6.04. The van der Waals surface area contributed by atoms with Crippen LogP contribution in [0.15, 0.2) is 6.07 Å². The maximum absolute atomic E-state index is 14.4. The summed E-state index contributed by atoms with van der Waals surface area (Å²) in [5, 5.41) is 9.93. The van der Waals surface area contributed by atoms with Gasteiger partial charge in [-0.15, -0.1) is 0 Å². The lowest BCUT2D eigenvalue weighted by atomic mass is 9.81. The Balaban J connectivity index is 2.16. The Hall–Kier alpha value is -1.61. The molecule has 2 saturated carbocycles. The van der Waals surface area contributed by atoms with E-state index in [1.807, 2.05) is 0 Å². The van der Waals surface area contributed by atoms with Crippen molar-refractivity contribution in [1.82, 2.24) is 0 Å². The molecule has 0 heterocycles. The van der Waals surface area contributed by atoms with Gasteiger partial charge in [0.05, 0.1) is 11.8 Å². The van der Waals surface area contributed by atoms with Crippen LogP contribution in [-0.2, 0) is 10.8 Å². The van der Waals surface area contributed by atoms with Gasteiger partial charge in [0.15, 0.2) is 11.6 Å². The molecule has 0 spiro atoms. The molecule has 0 radical (unpaired) electrons. The van der Waals surface area contributed by atoms with E-state index in [0.29, 0.717) is 0 Å². The van der Waals surface area contributed by atoms with Crippen LogP contribution in [-0.4, -0.2) is 23.4 Å². The van der Waals surface area contributed by atoms with E-state index in [9.17, 15) is 44.6 Å². The second-order valence-electron chi connectivity index (χ2n) is 7.49. The summed E-state index contributed by atoms with van der Waals surface area (Å²) >= 11 is 0. The highest BCUT2D eigenvalue weighted by molar-refractivity contribution is 5.54. The molecule has 1 N–H and O–H groups in total. The SMILES string of the molecule is Cc1c(C2(CC(F)(F)F)CC2)cc(C2(C(F)(F)C(F)(F)F)CC2)c(O)c1F. The fourth-order valence-corrected chi connectivity index (χ4v) is 3.88. The van der Waals surface area contributed by atoms with Crippen LogP contribution in [0.4, 0.5) is 39.5 Å². The second-order valence-corrected chi connectivity index (χ2v) is 7.49. The molecule has 0 aromatic heterocycles. The lowest BCUT2D eigenvalue weighted by molar-refractivity contribution is -0.296. The van der Waals surface area contributed by atoms with Crippen LogP contribution in [0.25, 0.3) is 0 Å². The van der Waals surface area contributed by atoms with Gasteiger partial charge in [-0.1, -0.05) is 6.07 Å². The standard InChI is InChI=1S/C17H15F9O/c1-8-9(13(2-3-13)7-15(19,20)21)6-10(12(27)11(8)18)14(4-5-14)16(22,23)17(24,25)26/h6,27H,2-5,7H2,1H3. The molecule has 2 aliphatic carbocycles. The Bertz CT molecular complexity index is 768. The second kappa shape index (κ2) is 5.47. The quantitative estimate of drug-likeness (QED) is 0.604. The van der Waals surface area contributed by atoms with Crippen molar-refractivity contribution in [2.24, 2.45) is 0 Å². The van der Waals surface area contributed by atoms with Gasteiger partial charge in [0.2, 0.25) is 0 Å². The van der Waals surface area contributed by atoms with E-state index in [1.54, 1.807) is 0 Å². The molecule has 27 heavy (non-hydrogen) atoms. The number of alkyl halides is 8. The zero-order valence-electron chi connectivity index (χ0n) is 14.0. The van der Waals surface area contributed by atoms with E-state index in [2.05, 4.69) is 0 Å². The fraction of sp³-hybridized carbons (Fsp3) is 0.647. The van der Waals surface area contributed by atoms with Crippen molar-refractivity contribution in [3.63, 3.8) is 0 Å². The first-order valence-electron chi connectivity index (χ1n) is 8.12. The molecular weight excluding hydrogens is 391 g/mol. The molecule has 152 valence electrons. The van der Waals surface area contributed by atoms with Gasteiger partial charge < -0.3 is 5.11 Å². The highest BCUT2D eigenvalue weighted by atomic mass is 19.4. The van der Waals surface area contributed by atoms with Gasteiger partial charge in [-0.05, 0) is 43.7 Å². The number of aromatic hydroxyl groups is 1. The van der Waals surface area contributed by atoms with Crippen LogP contribution >= 0.6 is 0 Å². The van der Waals surface area contributed by atoms with Crippen LogP contribution in [0.2, 0.25) is 0 Å². The smallest absolute Gasteiger partial charge is 0.454 e. The maximum Gasteiger partial charge on any atom is 0.454 e. The fourth-order valence-electron chi connectivity index (χ4n) is 3.88. The molecule has 1 aromatic carbocycles. The third-order valence-corrected chi connectivity index (χ3v) is 5.67. The Morgan fingerprint density at radius 3 is 1.81 bits per heavy atom. The van der Waals surface area contributed by atoms with Crippen molar-refractivity contribution < 1.29 is 44.6 Å². The van der Waals surface area contributed by atoms with Gasteiger partial charge in [0, 0.05) is 11.0 Å². The minimum Gasteiger partial charge on any atom is -0.505 e. The Morgan fingerprint density at radius 1 is 0.926 bits per heavy atom. The summed E-state index contributed by atoms with van der Waals surface area (Å²) in [6.45, 7) is 1.08. The Morgan fingerprint density at radius 2 is 1.44 bits per heavy atom. The maximum atomic E-state index is 14.4. The van der Waals surface area contributed by atoms with Gasteiger partial charge >= 0.3 is 18.3 Å². The van der Waals surface area contributed by atoms with Crippen molar-refractivity contribution in [3.8, 4) is 5.75 Å². The molecule has 0 bridgehead atoms. The molecule has 2 aliphatic rings. The van der Waals surface area contributed by atoms with E-state index in [0.717, 1.165) is 13.0 Å². The van der Waals surface area contributed by atoms with Crippen molar-refractivity contribution in [1.29, 1.82) is 0 Å². The molecule has 1 nitrogen and oxygen atoms in total. The Labute approximate surface area is 148 Å². The predicted molar refractivity (Wildman–Crippen MR) is 76.3 cm³/mol. The van der Waals surface area contributed by atoms with Crippen LogP contribution in [0.1, 0.15) is 48.8 Å². The van der Waals surface area contributed by atoms with Crippen LogP contribution < -0.4 is 0 Å². The number of phenolic OH excluding ortho intramolecular Hbond substituents is 1. The van der Waals surface area contributed by atoms with Crippen molar-refractivity contribution in [2.75, 3.05) is 0 Å². The van der Waals surface area contributed by atoms with Crippen LogP contribution in [0.5, 0.6) is 5.75 Å². The van der Waals surface area contributed by atoms with E-state index < -0.39 is 65.5 Å². The molecule has 0 aliphatic heterocycles. The topological polar surface area (TPSA) is 20.2 Å². The molecular formula is C17H15F9O. The lowest BCUT2D eigenvalue weighted by Gasteiger charge is -2.31. The lowest BCUT2D eigenvalue weighted by Crippen LogP contribution is -2.47. The molecule has 0 amide bonds. The number of hydrogen-bond donors (Lipinski definition) is 1. The minimum atomic E-state index is -5.94. The summed E-state index contributed by atoms with van der Waals surface area (Å²) in [6.07, 6.45) is -13.2. The van der Waals surface area contributed by atoms with Crippen molar-refractivity contribution in [2.45, 2.75) is 68.1 Å². The van der Waals surface area contributed by atoms with E-state index in [-0.39, 0.29) is 24.0 Å². The van der Waals surface area contributed by atoms with Crippen LogP contribution in [0.3, 0.4) is 0 Å². The highest BCUT2D eigenvalue weighted by Gasteiger charge is 2.76. The summed E-state index contributed by atoms with van der Waals surface area (Å²) in [4.78, 5) is 0.